The van der Waals surface area contributed by atoms with Gasteiger partial charge in [-0.05, 0) is 49.2 Å². The van der Waals surface area contributed by atoms with Gasteiger partial charge in [0.25, 0.3) is 0 Å². The number of rotatable bonds is 8. The Morgan fingerprint density at radius 2 is 1.89 bits per heavy atom. The zero-order chi connectivity index (χ0) is 25.1. The quantitative estimate of drug-likeness (QED) is 0.384. The molecule has 3 heterocycles. The third kappa shape index (κ3) is 5.01. The molecule has 36 heavy (non-hydrogen) atoms. The normalized spacial score (nSPS) is 14.4. The van der Waals surface area contributed by atoms with Crippen molar-refractivity contribution in [3.63, 3.8) is 0 Å². The number of hydrogen-bond donors (Lipinski definition) is 1. The number of benzene rings is 2. The molecule has 2 N–H and O–H groups in total. The molecule has 0 bridgehead atoms. The minimum atomic E-state index is -0.478. The predicted octanol–water partition coefficient (Wildman–Crippen LogP) is 2.83. The number of carbonyl (C=O) groups is 2. The van der Waals surface area contributed by atoms with E-state index in [1.807, 2.05) is 34.7 Å². The van der Waals surface area contributed by atoms with Crippen molar-refractivity contribution in [3.05, 3.63) is 66.5 Å². The number of piperidine rings is 1. The van der Waals surface area contributed by atoms with Crippen LogP contribution in [0.2, 0.25) is 0 Å². The smallest absolute Gasteiger partial charge is 0.248 e. The van der Waals surface area contributed by atoms with Crippen LogP contribution in [-0.4, -0.2) is 70.6 Å². The van der Waals surface area contributed by atoms with Crippen LogP contribution in [0.1, 0.15) is 23.2 Å². The topological polar surface area (TPSA) is 107 Å². The highest BCUT2D eigenvalue weighted by Crippen LogP contribution is 2.23. The van der Waals surface area contributed by atoms with Gasteiger partial charge in [0.15, 0.2) is 0 Å². The van der Waals surface area contributed by atoms with E-state index in [0.29, 0.717) is 18.7 Å². The largest absolute Gasteiger partial charge is 0.370 e. The molecule has 0 unspecified atom stereocenters. The summed E-state index contributed by atoms with van der Waals surface area (Å²) in [5, 5.41) is 1.14. The summed E-state index contributed by atoms with van der Waals surface area (Å²) in [5.41, 5.74) is 8.41. The summed E-state index contributed by atoms with van der Waals surface area (Å²) in [5.74, 6) is 0.483. The molecule has 5 rings (SSSR count). The van der Waals surface area contributed by atoms with E-state index in [9.17, 15) is 9.59 Å². The summed E-state index contributed by atoms with van der Waals surface area (Å²) >= 11 is 0. The number of primary amides is 1. The Morgan fingerprint density at radius 3 is 2.69 bits per heavy atom. The lowest BCUT2D eigenvalue weighted by Gasteiger charge is -2.37. The number of carbonyl (C=O) groups excluding carboxylic acids is 2. The fourth-order valence-corrected chi connectivity index (χ4v) is 4.73. The average molecular weight is 487 g/mol. The van der Waals surface area contributed by atoms with Gasteiger partial charge in [-0.1, -0.05) is 18.2 Å². The molecule has 4 aromatic rings. The van der Waals surface area contributed by atoms with Gasteiger partial charge < -0.3 is 24.8 Å². The van der Waals surface area contributed by atoms with Crippen LogP contribution >= 0.6 is 0 Å². The maximum Gasteiger partial charge on any atom is 0.248 e. The van der Waals surface area contributed by atoms with Gasteiger partial charge in [0.2, 0.25) is 11.8 Å². The number of nitrogens with two attached hydrogens (primary N) is 1. The van der Waals surface area contributed by atoms with Crippen molar-refractivity contribution >= 4 is 39.6 Å². The van der Waals surface area contributed by atoms with Crippen molar-refractivity contribution in [3.8, 4) is 0 Å². The maximum absolute atomic E-state index is 12.7. The van der Waals surface area contributed by atoms with Crippen molar-refractivity contribution in [2.75, 3.05) is 38.3 Å². The summed E-state index contributed by atoms with van der Waals surface area (Å²) in [4.78, 5) is 37.4. The summed E-state index contributed by atoms with van der Waals surface area (Å²) in [7, 11) is 1.86. The van der Waals surface area contributed by atoms with Crippen LogP contribution in [0.25, 0.3) is 21.9 Å². The lowest BCUT2D eigenvalue weighted by atomic mass is 10.0. The standard InChI is InChI=1S/C27H30N6O3/c1-31(21-10-12-32(13-11-21)25-9-7-19-4-2-3-5-22(19)30-25)26(34)17-36-15-14-33-18-29-23-8-6-20(27(28)35)16-24(23)33/h2-9,16,18,21H,10-15,17H2,1H3,(H2,28,35). The molecule has 2 aromatic heterocycles. The number of ether oxygens (including phenoxy) is 1. The molecule has 0 spiro atoms. The molecule has 1 aliphatic heterocycles. The van der Waals surface area contributed by atoms with E-state index >= 15 is 0 Å². The number of amides is 2. The molecule has 2 aromatic carbocycles. The molecular weight excluding hydrogens is 456 g/mol. The number of para-hydroxylation sites is 1. The number of anilines is 1. The Kier molecular flexibility index (Phi) is 6.81. The van der Waals surface area contributed by atoms with Gasteiger partial charge in [-0.3, -0.25) is 9.59 Å². The first-order chi connectivity index (χ1) is 17.5. The predicted molar refractivity (Wildman–Crippen MR) is 139 cm³/mol. The Morgan fingerprint density at radius 1 is 1.08 bits per heavy atom. The van der Waals surface area contributed by atoms with E-state index in [4.69, 9.17) is 15.5 Å². The third-order valence-electron chi connectivity index (χ3n) is 6.92. The zero-order valence-corrected chi connectivity index (χ0v) is 20.3. The van der Waals surface area contributed by atoms with Crippen molar-refractivity contribution in [2.24, 2.45) is 5.73 Å². The average Bonchev–Trinajstić information content (AvgIpc) is 3.32. The van der Waals surface area contributed by atoms with Gasteiger partial charge in [-0.2, -0.15) is 0 Å². The second kappa shape index (κ2) is 10.3. The van der Waals surface area contributed by atoms with Crippen molar-refractivity contribution in [1.29, 1.82) is 0 Å². The highest BCUT2D eigenvalue weighted by Gasteiger charge is 2.26. The Bertz CT molecular complexity index is 1390. The number of hydrogen-bond acceptors (Lipinski definition) is 6. The first kappa shape index (κ1) is 23.7. The SMILES string of the molecule is CN(C(=O)COCCn1cnc2ccc(C(N)=O)cc21)C1CCN(c2ccc3ccccc3n2)CC1. The number of fused-ring (bicyclic) bond motifs is 2. The fraction of sp³-hybridized carbons (Fsp3) is 0.333. The minimum absolute atomic E-state index is 0.0243. The number of imidazole rings is 1. The molecule has 0 radical (unpaired) electrons. The van der Waals surface area contributed by atoms with E-state index in [1.165, 1.54) is 0 Å². The van der Waals surface area contributed by atoms with Crippen LogP contribution in [0.5, 0.6) is 0 Å². The van der Waals surface area contributed by atoms with Crippen LogP contribution in [0.4, 0.5) is 5.82 Å². The zero-order valence-electron chi connectivity index (χ0n) is 20.3. The summed E-state index contributed by atoms with van der Waals surface area (Å²) in [6.07, 6.45) is 3.48. The van der Waals surface area contributed by atoms with Crippen LogP contribution in [-0.2, 0) is 16.1 Å². The van der Waals surface area contributed by atoms with Gasteiger partial charge in [-0.15, -0.1) is 0 Å². The molecule has 0 saturated carbocycles. The first-order valence-electron chi connectivity index (χ1n) is 12.2. The van der Waals surface area contributed by atoms with Crippen molar-refractivity contribution in [1.82, 2.24) is 19.4 Å². The second-order valence-corrected chi connectivity index (χ2v) is 9.14. The van der Waals surface area contributed by atoms with E-state index in [0.717, 1.165) is 53.7 Å². The van der Waals surface area contributed by atoms with Crippen LogP contribution < -0.4 is 10.6 Å². The molecule has 186 valence electrons. The molecular formula is C27H30N6O3. The molecule has 9 nitrogen and oxygen atoms in total. The number of pyridine rings is 1. The molecule has 2 amide bonds. The Labute approximate surface area is 209 Å². The second-order valence-electron chi connectivity index (χ2n) is 9.14. The minimum Gasteiger partial charge on any atom is -0.370 e. The number of aromatic nitrogens is 3. The van der Waals surface area contributed by atoms with Gasteiger partial charge in [-0.25, -0.2) is 9.97 Å². The van der Waals surface area contributed by atoms with Gasteiger partial charge in [0, 0.05) is 43.7 Å². The van der Waals surface area contributed by atoms with Gasteiger partial charge in [0.05, 0.1) is 29.5 Å². The number of nitrogens with zero attached hydrogens (tertiary/aromatic N) is 5. The fourth-order valence-electron chi connectivity index (χ4n) is 4.73. The van der Waals surface area contributed by atoms with E-state index in [-0.39, 0.29) is 18.6 Å². The lowest BCUT2D eigenvalue weighted by molar-refractivity contribution is -0.137. The van der Waals surface area contributed by atoms with E-state index in [1.54, 1.807) is 24.5 Å². The van der Waals surface area contributed by atoms with Crippen LogP contribution in [0.3, 0.4) is 0 Å². The Balaban J connectivity index is 1.09. The first-order valence-corrected chi connectivity index (χ1v) is 12.2. The maximum atomic E-state index is 12.7. The van der Waals surface area contributed by atoms with Crippen molar-refractivity contribution in [2.45, 2.75) is 25.4 Å². The highest BCUT2D eigenvalue weighted by atomic mass is 16.5. The molecule has 1 fully saturated rings. The molecule has 1 saturated heterocycles. The third-order valence-corrected chi connectivity index (χ3v) is 6.92. The Hall–Kier alpha value is -3.98. The summed E-state index contributed by atoms with van der Waals surface area (Å²) in [6.45, 7) is 2.62. The monoisotopic (exact) mass is 486 g/mol. The van der Waals surface area contributed by atoms with Crippen molar-refractivity contribution < 1.29 is 14.3 Å². The lowest BCUT2D eigenvalue weighted by Crippen LogP contribution is -2.46. The van der Waals surface area contributed by atoms with Crippen LogP contribution in [0.15, 0.2) is 60.9 Å². The highest BCUT2D eigenvalue weighted by molar-refractivity contribution is 5.96. The molecule has 9 heteroatoms. The van der Waals surface area contributed by atoms with Gasteiger partial charge >= 0.3 is 0 Å². The number of likely N-dealkylation sites (N-methyl/N-ethyl adjacent to an activating group) is 1. The van der Waals surface area contributed by atoms with E-state index in [2.05, 4.69) is 28.1 Å². The molecule has 1 aliphatic rings. The van der Waals surface area contributed by atoms with Crippen LogP contribution in [0, 0.1) is 0 Å². The summed E-state index contributed by atoms with van der Waals surface area (Å²) in [6, 6.07) is 17.7. The van der Waals surface area contributed by atoms with Gasteiger partial charge in [0.1, 0.15) is 12.4 Å². The molecule has 0 aliphatic carbocycles. The van der Waals surface area contributed by atoms with E-state index < -0.39 is 5.91 Å². The summed E-state index contributed by atoms with van der Waals surface area (Å²) < 4.78 is 7.58. The molecule has 0 atom stereocenters.